The van der Waals surface area contributed by atoms with Crippen molar-refractivity contribution in [3.8, 4) is 17.2 Å². The van der Waals surface area contributed by atoms with E-state index in [1.54, 1.807) is 37.1 Å². The Morgan fingerprint density at radius 1 is 1.03 bits per heavy atom. The van der Waals surface area contributed by atoms with Crippen LogP contribution in [0.3, 0.4) is 0 Å². The zero-order valence-corrected chi connectivity index (χ0v) is 23.5. The number of rotatable bonds is 9. The van der Waals surface area contributed by atoms with Crippen molar-refractivity contribution in [2.24, 2.45) is 0 Å². The van der Waals surface area contributed by atoms with Crippen LogP contribution in [-0.4, -0.2) is 35.0 Å². The van der Waals surface area contributed by atoms with E-state index in [4.69, 9.17) is 21.1 Å². The van der Waals surface area contributed by atoms with Crippen molar-refractivity contribution >= 4 is 35.1 Å². The number of methoxy groups -OCH3 is 2. The third-order valence-corrected chi connectivity index (χ3v) is 7.29. The van der Waals surface area contributed by atoms with Crippen LogP contribution in [0.4, 0.5) is 10.5 Å². The molecule has 3 aromatic carbocycles. The van der Waals surface area contributed by atoms with E-state index in [1.807, 2.05) is 48.7 Å². The number of aromatic nitrogens is 3. The minimum atomic E-state index is -0.474. The van der Waals surface area contributed by atoms with E-state index in [9.17, 15) is 4.79 Å². The van der Waals surface area contributed by atoms with E-state index >= 15 is 0 Å². The Labute approximate surface area is 231 Å². The molecule has 0 aliphatic rings. The largest absolute Gasteiger partial charge is 0.497 e. The molecule has 1 aromatic heterocycles. The van der Waals surface area contributed by atoms with Gasteiger partial charge in [0.25, 0.3) is 0 Å². The molecule has 38 heavy (non-hydrogen) atoms. The lowest BCUT2D eigenvalue weighted by atomic mass is 10.1. The van der Waals surface area contributed by atoms with Crippen molar-refractivity contribution in [1.29, 1.82) is 0 Å². The quantitative estimate of drug-likeness (QED) is 0.224. The first kappa shape index (κ1) is 27.3. The molecule has 4 aromatic rings. The lowest BCUT2D eigenvalue weighted by Gasteiger charge is -2.19. The Balaban J connectivity index is 1.61. The maximum atomic E-state index is 12.9. The smallest absolute Gasteiger partial charge is 0.319 e. The van der Waals surface area contributed by atoms with Gasteiger partial charge >= 0.3 is 6.03 Å². The highest BCUT2D eigenvalue weighted by Crippen LogP contribution is 2.32. The number of thioether (sulfide) groups is 1. The Hall–Kier alpha value is -3.69. The average molecular weight is 552 g/mol. The highest BCUT2D eigenvalue weighted by atomic mass is 35.5. The van der Waals surface area contributed by atoms with E-state index in [0.29, 0.717) is 33.2 Å². The zero-order chi connectivity index (χ0) is 27.2. The molecule has 0 saturated heterocycles. The van der Waals surface area contributed by atoms with Gasteiger partial charge in [0.2, 0.25) is 0 Å². The molecule has 198 valence electrons. The van der Waals surface area contributed by atoms with Crippen molar-refractivity contribution in [3.05, 3.63) is 88.2 Å². The first-order chi connectivity index (χ1) is 18.3. The van der Waals surface area contributed by atoms with Crippen LogP contribution >= 0.6 is 23.4 Å². The number of benzene rings is 3. The van der Waals surface area contributed by atoms with Crippen LogP contribution in [0.25, 0.3) is 5.69 Å². The standard InChI is InChI=1S/C28H30ClN5O3S/c1-17-8-6-7-9-20(17)16-38-28-33-32-26(34(28)24-14-21(29)11-10-18(24)2)19(3)30-27(35)31-23-13-12-22(36-4)15-25(23)37-5/h6-15,19H,16H2,1-5H3,(H2,30,31,35). The summed E-state index contributed by atoms with van der Waals surface area (Å²) in [7, 11) is 3.11. The van der Waals surface area contributed by atoms with Crippen LogP contribution < -0.4 is 20.1 Å². The highest BCUT2D eigenvalue weighted by molar-refractivity contribution is 7.98. The fraction of sp³-hybridized carbons (Fsp3) is 0.250. The molecule has 0 spiro atoms. The zero-order valence-electron chi connectivity index (χ0n) is 21.9. The van der Waals surface area contributed by atoms with Crippen molar-refractivity contribution in [1.82, 2.24) is 20.1 Å². The fourth-order valence-electron chi connectivity index (χ4n) is 3.94. The normalized spacial score (nSPS) is 11.6. The molecule has 1 unspecified atom stereocenters. The lowest BCUT2D eigenvalue weighted by molar-refractivity contribution is 0.248. The van der Waals surface area contributed by atoms with Crippen LogP contribution in [0.5, 0.6) is 11.5 Å². The number of aryl methyl sites for hydroxylation is 2. The maximum Gasteiger partial charge on any atom is 0.319 e. The summed E-state index contributed by atoms with van der Waals surface area (Å²) in [5.74, 6) is 2.42. The molecule has 2 N–H and O–H groups in total. The number of carbonyl (C=O) groups excluding carboxylic acids is 1. The van der Waals surface area contributed by atoms with Gasteiger partial charge in [0.15, 0.2) is 11.0 Å². The molecule has 1 heterocycles. The molecule has 0 fully saturated rings. The summed E-state index contributed by atoms with van der Waals surface area (Å²) in [5, 5.41) is 16.1. The maximum absolute atomic E-state index is 12.9. The van der Waals surface area contributed by atoms with E-state index in [-0.39, 0.29) is 0 Å². The highest BCUT2D eigenvalue weighted by Gasteiger charge is 2.23. The number of carbonyl (C=O) groups is 1. The minimum absolute atomic E-state index is 0.410. The van der Waals surface area contributed by atoms with Gasteiger partial charge in [-0.25, -0.2) is 4.79 Å². The summed E-state index contributed by atoms with van der Waals surface area (Å²) in [6.45, 7) is 5.96. The average Bonchev–Trinajstić information content (AvgIpc) is 3.33. The van der Waals surface area contributed by atoms with Gasteiger partial charge in [0.05, 0.1) is 31.6 Å². The van der Waals surface area contributed by atoms with Gasteiger partial charge in [-0.05, 0) is 61.7 Å². The molecular formula is C28H30ClN5O3S. The number of hydrogen-bond donors (Lipinski definition) is 2. The SMILES string of the molecule is COc1ccc(NC(=O)NC(C)c2nnc(SCc3ccccc3C)n2-c2cc(Cl)ccc2C)c(OC)c1. The van der Waals surface area contributed by atoms with E-state index < -0.39 is 12.1 Å². The number of nitrogens with one attached hydrogen (secondary N) is 2. The van der Waals surface area contributed by atoms with Crippen LogP contribution in [0.15, 0.2) is 65.8 Å². The number of halogens is 1. The van der Waals surface area contributed by atoms with Crippen molar-refractivity contribution < 1.29 is 14.3 Å². The lowest BCUT2D eigenvalue weighted by Crippen LogP contribution is -2.32. The third-order valence-electron chi connectivity index (χ3n) is 6.08. The second kappa shape index (κ2) is 12.2. The predicted molar refractivity (Wildman–Crippen MR) is 152 cm³/mol. The molecule has 8 nitrogen and oxygen atoms in total. The monoisotopic (exact) mass is 551 g/mol. The molecule has 1 atom stereocenters. The predicted octanol–water partition coefficient (Wildman–Crippen LogP) is 6.73. The number of hydrogen-bond acceptors (Lipinski definition) is 6. The van der Waals surface area contributed by atoms with Gasteiger partial charge in [-0.2, -0.15) is 0 Å². The first-order valence-corrected chi connectivity index (χ1v) is 13.4. The molecule has 4 rings (SSSR count). The molecule has 0 aliphatic heterocycles. The van der Waals surface area contributed by atoms with Crippen LogP contribution in [0.1, 0.15) is 35.5 Å². The summed E-state index contributed by atoms with van der Waals surface area (Å²) in [6, 6.07) is 18.2. The fourth-order valence-corrected chi connectivity index (χ4v) is 5.14. The first-order valence-electron chi connectivity index (χ1n) is 12.0. The number of amides is 2. The Kier molecular flexibility index (Phi) is 8.81. The van der Waals surface area contributed by atoms with E-state index in [0.717, 1.165) is 17.0 Å². The molecule has 0 saturated carbocycles. The second-order valence-corrected chi connectivity index (χ2v) is 10.1. The summed E-state index contributed by atoms with van der Waals surface area (Å²) >= 11 is 7.96. The van der Waals surface area contributed by atoms with Gasteiger partial charge in [0, 0.05) is 16.8 Å². The number of urea groups is 1. The molecule has 2 amide bonds. The van der Waals surface area contributed by atoms with Gasteiger partial charge in [-0.1, -0.05) is 53.7 Å². The molecule has 0 aliphatic carbocycles. The number of ether oxygens (including phenoxy) is 2. The Morgan fingerprint density at radius 3 is 2.55 bits per heavy atom. The number of nitrogens with zero attached hydrogens (tertiary/aromatic N) is 3. The molecule has 0 bridgehead atoms. The van der Waals surface area contributed by atoms with Crippen LogP contribution in [-0.2, 0) is 5.75 Å². The Bertz CT molecular complexity index is 1440. The molecule has 10 heteroatoms. The summed E-state index contributed by atoms with van der Waals surface area (Å²) in [4.78, 5) is 12.9. The van der Waals surface area contributed by atoms with Crippen molar-refractivity contribution in [3.63, 3.8) is 0 Å². The van der Waals surface area contributed by atoms with Gasteiger partial charge in [0.1, 0.15) is 11.5 Å². The Morgan fingerprint density at radius 2 is 1.82 bits per heavy atom. The topological polar surface area (TPSA) is 90.3 Å². The third kappa shape index (κ3) is 6.23. The van der Waals surface area contributed by atoms with Gasteiger partial charge in [-0.3, -0.25) is 4.57 Å². The minimum Gasteiger partial charge on any atom is -0.497 e. The van der Waals surface area contributed by atoms with Gasteiger partial charge in [-0.15, -0.1) is 10.2 Å². The van der Waals surface area contributed by atoms with E-state index in [1.165, 1.54) is 18.2 Å². The summed E-state index contributed by atoms with van der Waals surface area (Å²) in [6.07, 6.45) is 0. The summed E-state index contributed by atoms with van der Waals surface area (Å²) < 4.78 is 12.6. The van der Waals surface area contributed by atoms with E-state index in [2.05, 4.69) is 39.9 Å². The molecular weight excluding hydrogens is 522 g/mol. The van der Waals surface area contributed by atoms with Gasteiger partial charge < -0.3 is 20.1 Å². The summed E-state index contributed by atoms with van der Waals surface area (Å²) in [5.41, 5.74) is 4.81. The molecule has 0 radical (unpaired) electrons. The van der Waals surface area contributed by atoms with Crippen LogP contribution in [0, 0.1) is 13.8 Å². The number of anilines is 1. The van der Waals surface area contributed by atoms with Crippen molar-refractivity contribution in [2.45, 2.75) is 37.7 Å². The van der Waals surface area contributed by atoms with Crippen molar-refractivity contribution in [2.75, 3.05) is 19.5 Å². The van der Waals surface area contributed by atoms with Crippen LogP contribution in [0.2, 0.25) is 5.02 Å². The second-order valence-electron chi connectivity index (χ2n) is 8.71.